The van der Waals surface area contributed by atoms with Crippen molar-refractivity contribution in [1.29, 1.82) is 0 Å². The molecule has 0 aromatic heterocycles. The van der Waals surface area contributed by atoms with Crippen LogP contribution in [0.25, 0.3) is 0 Å². The highest BCUT2D eigenvalue weighted by Crippen LogP contribution is 2.42. The minimum Gasteiger partial charge on any atom is -0.493 e. The number of hydrogen-bond donors (Lipinski definition) is 1. The van der Waals surface area contributed by atoms with Crippen LogP contribution in [0.5, 0.6) is 5.75 Å². The Labute approximate surface area is 126 Å². The molecule has 21 heavy (non-hydrogen) atoms. The molecule has 1 N–H and O–H groups in total. The molecule has 0 amide bonds. The Morgan fingerprint density at radius 3 is 2.76 bits per heavy atom. The van der Waals surface area contributed by atoms with Crippen LogP contribution in [0.15, 0.2) is 48.5 Å². The third kappa shape index (κ3) is 2.81. The zero-order chi connectivity index (χ0) is 14.7. The molecule has 2 atom stereocenters. The number of ether oxygens (including phenoxy) is 1. The molecule has 2 heteroatoms. The quantitative estimate of drug-likeness (QED) is 0.909. The van der Waals surface area contributed by atoms with E-state index in [9.17, 15) is 5.11 Å². The first kappa shape index (κ1) is 14.2. The lowest BCUT2D eigenvalue weighted by Gasteiger charge is -2.30. The first-order valence-electron chi connectivity index (χ1n) is 7.79. The Morgan fingerprint density at radius 1 is 1.14 bits per heavy atom. The fraction of sp³-hybridized carbons (Fsp3) is 0.368. The molecule has 110 valence electrons. The van der Waals surface area contributed by atoms with Crippen molar-refractivity contribution in [1.82, 2.24) is 0 Å². The number of para-hydroxylation sites is 1. The predicted molar refractivity (Wildman–Crippen MR) is 84.7 cm³/mol. The Kier molecular flexibility index (Phi) is 4.26. The average molecular weight is 282 g/mol. The summed E-state index contributed by atoms with van der Waals surface area (Å²) in [5.41, 5.74) is 3.57. The molecule has 0 radical (unpaired) electrons. The molecule has 1 aliphatic rings. The van der Waals surface area contributed by atoms with Gasteiger partial charge < -0.3 is 9.84 Å². The molecule has 0 aliphatic heterocycles. The van der Waals surface area contributed by atoms with Gasteiger partial charge in [-0.15, -0.1) is 0 Å². The van der Waals surface area contributed by atoms with E-state index in [4.69, 9.17) is 4.74 Å². The van der Waals surface area contributed by atoms with Crippen LogP contribution in [0.4, 0.5) is 0 Å². The highest BCUT2D eigenvalue weighted by Gasteiger charge is 2.29. The van der Waals surface area contributed by atoms with Gasteiger partial charge in [0.25, 0.3) is 0 Å². The van der Waals surface area contributed by atoms with E-state index in [-0.39, 0.29) is 5.92 Å². The summed E-state index contributed by atoms with van der Waals surface area (Å²) >= 11 is 0. The first-order chi connectivity index (χ1) is 10.3. The molecular formula is C19H22O2. The topological polar surface area (TPSA) is 29.5 Å². The molecular weight excluding hydrogens is 260 g/mol. The van der Waals surface area contributed by atoms with Gasteiger partial charge in [-0.1, -0.05) is 42.5 Å². The number of aliphatic hydroxyl groups is 1. The number of benzene rings is 2. The molecule has 0 saturated heterocycles. The van der Waals surface area contributed by atoms with Gasteiger partial charge >= 0.3 is 0 Å². The molecule has 1 aliphatic carbocycles. The monoisotopic (exact) mass is 282 g/mol. The van der Waals surface area contributed by atoms with Crippen molar-refractivity contribution in [2.45, 2.75) is 38.2 Å². The molecule has 2 aromatic rings. The minimum atomic E-state index is -0.505. The molecule has 0 saturated carbocycles. The van der Waals surface area contributed by atoms with Gasteiger partial charge in [0.05, 0.1) is 12.7 Å². The highest BCUT2D eigenvalue weighted by atomic mass is 16.5. The van der Waals surface area contributed by atoms with Crippen molar-refractivity contribution in [2.24, 2.45) is 0 Å². The molecule has 0 heterocycles. The van der Waals surface area contributed by atoms with Gasteiger partial charge in [0.15, 0.2) is 0 Å². The van der Waals surface area contributed by atoms with Crippen molar-refractivity contribution in [3.8, 4) is 5.75 Å². The van der Waals surface area contributed by atoms with E-state index in [0.717, 1.165) is 30.6 Å². The van der Waals surface area contributed by atoms with E-state index in [0.29, 0.717) is 6.61 Å². The lowest BCUT2D eigenvalue weighted by atomic mass is 9.78. The summed E-state index contributed by atoms with van der Waals surface area (Å²) in [5.74, 6) is 0.965. The highest BCUT2D eigenvalue weighted by molar-refractivity contribution is 5.40. The maximum Gasteiger partial charge on any atom is 0.125 e. The third-order valence-corrected chi connectivity index (χ3v) is 4.33. The lowest BCUT2D eigenvalue weighted by Crippen LogP contribution is -2.17. The van der Waals surface area contributed by atoms with Crippen LogP contribution < -0.4 is 4.74 Å². The van der Waals surface area contributed by atoms with Crippen LogP contribution in [0, 0.1) is 0 Å². The number of fused-ring (bicyclic) bond motifs is 1. The Morgan fingerprint density at radius 2 is 1.90 bits per heavy atom. The number of aryl methyl sites for hydroxylation is 1. The molecule has 0 spiro atoms. The van der Waals surface area contributed by atoms with Crippen molar-refractivity contribution < 1.29 is 9.84 Å². The number of rotatable bonds is 4. The summed E-state index contributed by atoms with van der Waals surface area (Å²) in [6.07, 6.45) is 2.77. The first-order valence-corrected chi connectivity index (χ1v) is 7.79. The van der Waals surface area contributed by atoms with Crippen molar-refractivity contribution >= 4 is 0 Å². The summed E-state index contributed by atoms with van der Waals surface area (Å²) < 4.78 is 5.68. The maximum atomic E-state index is 10.9. The van der Waals surface area contributed by atoms with Crippen LogP contribution >= 0.6 is 0 Å². The van der Waals surface area contributed by atoms with E-state index in [1.807, 2.05) is 31.2 Å². The fourth-order valence-corrected chi connectivity index (χ4v) is 3.35. The maximum absolute atomic E-state index is 10.9. The summed E-state index contributed by atoms with van der Waals surface area (Å²) in [4.78, 5) is 0. The van der Waals surface area contributed by atoms with E-state index in [2.05, 4.69) is 24.3 Å². The van der Waals surface area contributed by atoms with E-state index >= 15 is 0 Å². The Bertz CT molecular complexity index is 606. The van der Waals surface area contributed by atoms with Gasteiger partial charge in [0, 0.05) is 11.5 Å². The second-order valence-corrected chi connectivity index (χ2v) is 5.61. The molecule has 2 nitrogen and oxygen atoms in total. The summed E-state index contributed by atoms with van der Waals surface area (Å²) in [6.45, 7) is 2.59. The van der Waals surface area contributed by atoms with E-state index in [1.54, 1.807) is 0 Å². The van der Waals surface area contributed by atoms with Gasteiger partial charge in [-0.25, -0.2) is 0 Å². The van der Waals surface area contributed by atoms with Crippen LogP contribution in [-0.4, -0.2) is 11.7 Å². The van der Waals surface area contributed by atoms with Crippen molar-refractivity contribution in [3.05, 3.63) is 65.2 Å². The third-order valence-electron chi connectivity index (χ3n) is 4.33. The summed E-state index contributed by atoms with van der Waals surface area (Å²) in [6, 6.07) is 16.3. The zero-order valence-electron chi connectivity index (χ0n) is 12.5. The molecule has 3 rings (SSSR count). The van der Waals surface area contributed by atoms with Crippen LogP contribution in [-0.2, 0) is 6.42 Å². The predicted octanol–water partition coefficient (Wildman–Crippen LogP) is 4.24. The normalized spacial score (nSPS) is 18.9. The molecule has 0 bridgehead atoms. The van der Waals surface area contributed by atoms with Gasteiger partial charge in [-0.3, -0.25) is 0 Å². The SMILES string of the molecule is CCOc1ccccc1C(O)C1CCCc2ccccc21. The summed E-state index contributed by atoms with van der Waals surface area (Å²) in [5, 5.41) is 10.9. The largest absolute Gasteiger partial charge is 0.493 e. The molecule has 0 fully saturated rings. The van der Waals surface area contributed by atoms with Gasteiger partial charge in [-0.2, -0.15) is 0 Å². The number of aliphatic hydroxyl groups excluding tert-OH is 1. The average Bonchev–Trinajstić information content (AvgIpc) is 2.54. The Balaban J connectivity index is 1.95. The minimum absolute atomic E-state index is 0.163. The van der Waals surface area contributed by atoms with Gasteiger partial charge in [0.2, 0.25) is 0 Å². The zero-order valence-corrected chi connectivity index (χ0v) is 12.5. The van der Waals surface area contributed by atoms with Crippen molar-refractivity contribution in [3.63, 3.8) is 0 Å². The molecule has 2 aromatic carbocycles. The van der Waals surface area contributed by atoms with Crippen molar-refractivity contribution in [2.75, 3.05) is 6.61 Å². The van der Waals surface area contributed by atoms with Gasteiger partial charge in [-0.05, 0) is 43.4 Å². The fourth-order valence-electron chi connectivity index (χ4n) is 3.35. The lowest BCUT2D eigenvalue weighted by molar-refractivity contribution is 0.131. The second kappa shape index (κ2) is 6.31. The summed E-state index contributed by atoms with van der Waals surface area (Å²) in [7, 11) is 0. The Hall–Kier alpha value is -1.80. The molecule has 2 unspecified atom stereocenters. The van der Waals surface area contributed by atoms with Crippen LogP contribution in [0.2, 0.25) is 0 Å². The van der Waals surface area contributed by atoms with E-state index in [1.165, 1.54) is 11.1 Å². The second-order valence-electron chi connectivity index (χ2n) is 5.61. The van der Waals surface area contributed by atoms with E-state index < -0.39 is 6.10 Å². The smallest absolute Gasteiger partial charge is 0.125 e. The van der Waals surface area contributed by atoms with Gasteiger partial charge in [0.1, 0.15) is 5.75 Å². The van der Waals surface area contributed by atoms with Crippen LogP contribution in [0.1, 0.15) is 48.5 Å². The number of hydrogen-bond acceptors (Lipinski definition) is 2. The standard InChI is InChI=1S/C19H22O2/c1-2-21-18-13-6-5-11-17(18)19(20)16-12-7-9-14-8-3-4-10-15(14)16/h3-6,8,10-11,13,16,19-20H,2,7,9,12H2,1H3. The van der Waals surface area contributed by atoms with Crippen LogP contribution in [0.3, 0.4) is 0 Å².